The predicted octanol–water partition coefficient (Wildman–Crippen LogP) is 1.20. The molecule has 0 aliphatic rings. The molecule has 2 amide bonds. The van der Waals surface area contributed by atoms with Crippen LogP contribution in [0.25, 0.3) is 0 Å². The highest BCUT2D eigenvalue weighted by molar-refractivity contribution is 6.01. The summed E-state index contributed by atoms with van der Waals surface area (Å²) in [6, 6.07) is 7.55. The van der Waals surface area contributed by atoms with Crippen LogP contribution in [-0.2, 0) is 20.7 Å². The average Bonchev–Trinajstić information content (AvgIpc) is 2.95. The number of ether oxygens (including phenoxy) is 1. The van der Waals surface area contributed by atoms with Crippen molar-refractivity contribution >= 4 is 23.6 Å². The minimum Gasteiger partial charge on any atom is -0.465 e. The van der Waals surface area contributed by atoms with Crippen LogP contribution in [0.15, 0.2) is 30.3 Å². The lowest BCUT2D eigenvalue weighted by atomic mass is 10.0. The minimum atomic E-state index is -1.01. The van der Waals surface area contributed by atoms with E-state index in [0.717, 1.165) is 0 Å². The van der Waals surface area contributed by atoms with Crippen LogP contribution in [0.1, 0.15) is 50.6 Å². The van der Waals surface area contributed by atoms with E-state index in [9.17, 15) is 19.2 Å². The monoisotopic (exact) mass is 371 g/mol. The fourth-order valence-electron chi connectivity index (χ4n) is 2.86. The molecule has 142 valence electrons. The molecule has 1 aromatic heterocycles. The smallest absolute Gasteiger partial charge is 0.339 e. The SMILES string of the molecule is COC(=O)c1c(CC(=O)NC(C(N)=O)c2ccccc2)[nH]c(C(C)=O)c1C. The number of carbonyl (C=O) groups is 4. The number of aromatic nitrogens is 1. The summed E-state index contributed by atoms with van der Waals surface area (Å²) in [5, 5.41) is 2.55. The van der Waals surface area contributed by atoms with Crippen molar-refractivity contribution in [3.63, 3.8) is 0 Å². The van der Waals surface area contributed by atoms with Gasteiger partial charge in [0.1, 0.15) is 6.04 Å². The molecule has 0 bridgehead atoms. The number of ketones is 1. The number of aromatic amines is 1. The number of nitrogens with two attached hydrogens (primary N) is 1. The number of rotatable bonds is 7. The third-order valence-electron chi connectivity index (χ3n) is 4.13. The highest BCUT2D eigenvalue weighted by atomic mass is 16.5. The molecule has 8 heteroatoms. The van der Waals surface area contributed by atoms with Crippen LogP contribution in [0.3, 0.4) is 0 Å². The number of primary amides is 1. The van der Waals surface area contributed by atoms with Crippen LogP contribution in [0.4, 0.5) is 0 Å². The van der Waals surface area contributed by atoms with Crippen molar-refractivity contribution in [2.45, 2.75) is 26.3 Å². The van der Waals surface area contributed by atoms with E-state index >= 15 is 0 Å². The molecule has 0 aliphatic heterocycles. The van der Waals surface area contributed by atoms with Gasteiger partial charge in [-0.05, 0) is 18.1 Å². The summed E-state index contributed by atoms with van der Waals surface area (Å²) < 4.78 is 4.74. The van der Waals surface area contributed by atoms with Gasteiger partial charge in [0.25, 0.3) is 0 Å². The summed E-state index contributed by atoms with van der Waals surface area (Å²) in [6.45, 7) is 2.94. The van der Waals surface area contributed by atoms with Crippen molar-refractivity contribution in [2.75, 3.05) is 7.11 Å². The van der Waals surface area contributed by atoms with E-state index in [0.29, 0.717) is 11.1 Å². The average molecular weight is 371 g/mol. The van der Waals surface area contributed by atoms with Crippen molar-refractivity contribution in [2.24, 2.45) is 5.73 Å². The van der Waals surface area contributed by atoms with Crippen LogP contribution in [0, 0.1) is 6.92 Å². The summed E-state index contributed by atoms with van der Waals surface area (Å²) in [5.41, 5.74) is 6.94. The Bertz CT molecular complexity index is 886. The predicted molar refractivity (Wildman–Crippen MR) is 97.1 cm³/mol. The molecule has 1 unspecified atom stereocenters. The second-order valence-corrected chi connectivity index (χ2v) is 6.02. The quantitative estimate of drug-likeness (QED) is 0.497. The number of hydrogen-bond donors (Lipinski definition) is 3. The Balaban J connectivity index is 2.29. The van der Waals surface area contributed by atoms with Crippen LogP contribution >= 0.6 is 0 Å². The fourth-order valence-corrected chi connectivity index (χ4v) is 2.86. The van der Waals surface area contributed by atoms with E-state index < -0.39 is 23.8 Å². The van der Waals surface area contributed by atoms with Crippen LogP contribution in [-0.4, -0.2) is 35.7 Å². The van der Waals surface area contributed by atoms with Crippen LogP contribution in [0.5, 0.6) is 0 Å². The largest absolute Gasteiger partial charge is 0.465 e. The highest BCUT2D eigenvalue weighted by Gasteiger charge is 2.26. The minimum absolute atomic E-state index is 0.133. The van der Waals surface area contributed by atoms with E-state index in [4.69, 9.17) is 10.5 Å². The normalized spacial score (nSPS) is 11.5. The Hall–Kier alpha value is -3.42. The molecule has 2 rings (SSSR count). The molecule has 0 aliphatic carbocycles. The zero-order chi connectivity index (χ0) is 20.1. The molecule has 8 nitrogen and oxygen atoms in total. The van der Waals surface area contributed by atoms with Gasteiger partial charge in [-0.15, -0.1) is 0 Å². The summed E-state index contributed by atoms with van der Waals surface area (Å²) in [7, 11) is 1.21. The number of benzene rings is 1. The molecule has 1 atom stereocenters. The van der Waals surface area contributed by atoms with E-state index in [1.54, 1.807) is 37.3 Å². The lowest BCUT2D eigenvalue weighted by molar-refractivity contribution is -0.127. The number of methoxy groups -OCH3 is 1. The summed E-state index contributed by atoms with van der Waals surface area (Å²) >= 11 is 0. The van der Waals surface area contributed by atoms with Crippen LogP contribution in [0.2, 0.25) is 0 Å². The Morgan fingerprint density at radius 3 is 2.33 bits per heavy atom. The van der Waals surface area contributed by atoms with Gasteiger partial charge in [0.2, 0.25) is 11.8 Å². The lowest BCUT2D eigenvalue weighted by Crippen LogP contribution is -2.38. The number of nitrogens with one attached hydrogen (secondary N) is 2. The van der Waals surface area contributed by atoms with Crippen molar-refractivity contribution < 1.29 is 23.9 Å². The van der Waals surface area contributed by atoms with Gasteiger partial charge in [-0.2, -0.15) is 0 Å². The molecule has 4 N–H and O–H groups in total. The Labute approximate surface area is 156 Å². The number of esters is 1. The van der Waals surface area contributed by atoms with E-state index in [-0.39, 0.29) is 29.2 Å². The summed E-state index contributed by atoms with van der Waals surface area (Å²) in [5.74, 6) is -2.18. The number of H-pyrrole nitrogens is 1. The Kier molecular flexibility index (Phi) is 6.12. The molecule has 1 aromatic carbocycles. The van der Waals surface area contributed by atoms with Crippen LogP contribution < -0.4 is 11.1 Å². The molecule has 0 saturated carbocycles. The fraction of sp³-hybridized carbons (Fsp3) is 0.263. The lowest BCUT2D eigenvalue weighted by Gasteiger charge is -2.16. The van der Waals surface area contributed by atoms with Gasteiger partial charge in [0, 0.05) is 12.6 Å². The molecule has 1 heterocycles. The van der Waals surface area contributed by atoms with Crippen molar-refractivity contribution in [1.82, 2.24) is 10.3 Å². The zero-order valence-corrected chi connectivity index (χ0v) is 15.3. The second kappa shape index (κ2) is 8.31. The molecule has 0 fully saturated rings. The molecule has 2 aromatic rings. The van der Waals surface area contributed by atoms with E-state index in [1.165, 1.54) is 14.0 Å². The Morgan fingerprint density at radius 2 is 1.81 bits per heavy atom. The van der Waals surface area contributed by atoms with Gasteiger partial charge in [0.05, 0.1) is 24.8 Å². The molecule has 0 radical (unpaired) electrons. The molecular formula is C19H21N3O5. The number of amides is 2. The first-order valence-corrected chi connectivity index (χ1v) is 8.20. The Morgan fingerprint density at radius 1 is 1.19 bits per heavy atom. The molecular weight excluding hydrogens is 350 g/mol. The zero-order valence-electron chi connectivity index (χ0n) is 15.3. The third kappa shape index (κ3) is 4.41. The van der Waals surface area contributed by atoms with Crippen molar-refractivity contribution in [1.29, 1.82) is 0 Å². The first-order chi connectivity index (χ1) is 12.8. The third-order valence-corrected chi connectivity index (χ3v) is 4.13. The maximum absolute atomic E-state index is 12.5. The van der Waals surface area contributed by atoms with Crippen molar-refractivity contribution in [3.05, 3.63) is 58.4 Å². The summed E-state index contributed by atoms with van der Waals surface area (Å²) in [4.78, 5) is 50.8. The molecule has 27 heavy (non-hydrogen) atoms. The molecule has 0 saturated heterocycles. The summed E-state index contributed by atoms with van der Waals surface area (Å²) in [6.07, 6.45) is -0.255. The maximum atomic E-state index is 12.5. The standard InChI is InChI=1S/C19H21N3O5/c1-10-15(19(26)27-3)13(21-16(10)11(2)23)9-14(24)22-17(18(20)25)12-7-5-4-6-8-12/h4-8,17,21H,9H2,1-3H3,(H2,20,25)(H,22,24). The van der Waals surface area contributed by atoms with Gasteiger partial charge in [-0.25, -0.2) is 4.79 Å². The van der Waals surface area contributed by atoms with Gasteiger partial charge < -0.3 is 20.8 Å². The first kappa shape index (κ1) is 19.9. The maximum Gasteiger partial charge on any atom is 0.339 e. The number of hydrogen-bond acceptors (Lipinski definition) is 5. The van der Waals surface area contributed by atoms with E-state index in [1.807, 2.05) is 0 Å². The van der Waals surface area contributed by atoms with Gasteiger partial charge in [0.15, 0.2) is 5.78 Å². The first-order valence-electron chi connectivity index (χ1n) is 8.20. The highest BCUT2D eigenvalue weighted by Crippen LogP contribution is 2.21. The van der Waals surface area contributed by atoms with E-state index in [2.05, 4.69) is 10.3 Å². The van der Waals surface area contributed by atoms with Gasteiger partial charge in [-0.1, -0.05) is 30.3 Å². The van der Waals surface area contributed by atoms with Crippen molar-refractivity contribution in [3.8, 4) is 0 Å². The molecule has 0 spiro atoms. The van der Waals surface area contributed by atoms with Gasteiger partial charge in [-0.3, -0.25) is 14.4 Å². The van der Waals surface area contributed by atoms with Gasteiger partial charge >= 0.3 is 5.97 Å². The topological polar surface area (TPSA) is 131 Å². The number of Topliss-reactive ketones (excluding diaryl/α,β-unsaturated/α-hetero) is 1. The number of carbonyl (C=O) groups excluding carboxylic acids is 4. The second-order valence-electron chi connectivity index (χ2n) is 6.02.